The second kappa shape index (κ2) is 5.80. The molecule has 1 aliphatic rings. The summed E-state index contributed by atoms with van der Waals surface area (Å²) in [5.74, 6) is 2.81. The van der Waals surface area contributed by atoms with Gasteiger partial charge in [-0.05, 0) is 41.1 Å². The van der Waals surface area contributed by atoms with Crippen molar-refractivity contribution in [3.63, 3.8) is 0 Å². The molecule has 1 aliphatic heterocycles. The van der Waals surface area contributed by atoms with Crippen molar-refractivity contribution >= 4 is 21.7 Å². The molecule has 1 fully saturated rings. The lowest BCUT2D eigenvalue weighted by Gasteiger charge is -2.32. The van der Waals surface area contributed by atoms with E-state index in [2.05, 4.69) is 44.6 Å². The number of hydrogen-bond acceptors (Lipinski definition) is 3. The molecule has 3 nitrogen and oxygen atoms in total. The lowest BCUT2D eigenvalue weighted by atomic mass is 10.0. The van der Waals surface area contributed by atoms with Crippen LogP contribution < -0.4 is 4.90 Å². The fourth-order valence-corrected chi connectivity index (χ4v) is 2.76. The highest BCUT2D eigenvalue weighted by Gasteiger charge is 2.18. The predicted molar refractivity (Wildman–Crippen MR) is 74.3 cm³/mol. The van der Waals surface area contributed by atoms with E-state index in [0.29, 0.717) is 0 Å². The first-order chi connectivity index (χ1) is 8.19. The van der Waals surface area contributed by atoms with Crippen LogP contribution >= 0.6 is 15.9 Å². The fraction of sp³-hybridized carbons (Fsp3) is 0.692. The van der Waals surface area contributed by atoms with E-state index < -0.39 is 0 Å². The molecule has 0 spiro atoms. The van der Waals surface area contributed by atoms with Crippen molar-refractivity contribution in [2.45, 2.75) is 39.5 Å². The first kappa shape index (κ1) is 12.8. The molecule has 1 aromatic heterocycles. The van der Waals surface area contributed by atoms with Gasteiger partial charge in [-0.1, -0.05) is 13.8 Å². The Morgan fingerprint density at radius 1 is 1.47 bits per heavy atom. The maximum absolute atomic E-state index is 4.67. The largest absolute Gasteiger partial charge is 0.356 e. The molecule has 0 radical (unpaired) electrons. The molecule has 1 atom stereocenters. The number of piperidine rings is 1. The average Bonchev–Trinajstić information content (AvgIpc) is 2.28. The van der Waals surface area contributed by atoms with Crippen LogP contribution in [0.15, 0.2) is 10.7 Å². The van der Waals surface area contributed by atoms with Crippen molar-refractivity contribution < 1.29 is 0 Å². The average molecular weight is 298 g/mol. The van der Waals surface area contributed by atoms with Gasteiger partial charge in [0.05, 0.1) is 0 Å². The van der Waals surface area contributed by atoms with E-state index in [1.807, 2.05) is 6.07 Å². The van der Waals surface area contributed by atoms with E-state index in [1.165, 1.54) is 12.8 Å². The van der Waals surface area contributed by atoms with Crippen LogP contribution in [-0.4, -0.2) is 23.1 Å². The third-order valence-electron chi connectivity index (χ3n) is 3.18. The topological polar surface area (TPSA) is 29.0 Å². The molecule has 17 heavy (non-hydrogen) atoms. The van der Waals surface area contributed by atoms with Crippen LogP contribution in [0.1, 0.15) is 38.9 Å². The Kier molecular flexibility index (Phi) is 4.37. The molecule has 1 unspecified atom stereocenters. The monoisotopic (exact) mass is 297 g/mol. The van der Waals surface area contributed by atoms with Gasteiger partial charge in [0.15, 0.2) is 0 Å². The summed E-state index contributed by atoms with van der Waals surface area (Å²) in [5.41, 5.74) is 0. The zero-order valence-electron chi connectivity index (χ0n) is 10.6. The molecule has 1 saturated heterocycles. The number of aromatic nitrogens is 2. The first-order valence-corrected chi connectivity index (χ1v) is 7.26. The lowest BCUT2D eigenvalue weighted by Crippen LogP contribution is -2.35. The number of anilines is 1. The second-order valence-electron chi connectivity index (χ2n) is 4.91. The van der Waals surface area contributed by atoms with Gasteiger partial charge < -0.3 is 4.90 Å². The molecule has 0 N–H and O–H groups in total. The lowest BCUT2D eigenvalue weighted by molar-refractivity contribution is 0.444. The summed E-state index contributed by atoms with van der Waals surface area (Å²) in [4.78, 5) is 11.5. The smallest absolute Gasteiger partial charge is 0.133 e. The minimum Gasteiger partial charge on any atom is -0.356 e. The highest BCUT2D eigenvalue weighted by molar-refractivity contribution is 9.10. The number of aryl methyl sites for hydroxylation is 1. The summed E-state index contributed by atoms with van der Waals surface area (Å²) in [6, 6.07) is 2.04. The molecular formula is C13H20BrN3. The van der Waals surface area contributed by atoms with Gasteiger partial charge in [0.25, 0.3) is 0 Å². The SMILES string of the molecule is CCCc1nc(Br)cc(N2CCCC(C)C2)n1. The molecule has 0 amide bonds. The third-order valence-corrected chi connectivity index (χ3v) is 3.59. The van der Waals surface area contributed by atoms with Gasteiger partial charge in [0, 0.05) is 25.6 Å². The van der Waals surface area contributed by atoms with Gasteiger partial charge in [-0.15, -0.1) is 0 Å². The maximum atomic E-state index is 4.67. The molecule has 2 rings (SSSR count). The van der Waals surface area contributed by atoms with Gasteiger partial charge >= 0.3 is 0 Å². The Hall–Kier alpha value is -0.640. The molecule has 2 heterocycles. The Morgan fingerprint density at radius 2 is 2.29 bits per heavy atom. The fourth-order valence-electron chi connectivity index (χ4n) is 2.35. The maximum Gasteiger partial charge on any atom is 0.133 e. The van der Waals surface area contributed by atoms with Crippen LogP contribution in [0.3, 0.4) is 0 Å². The molecule has 0 saturated carbocycles. The minimum atomic E-state index is 0.770. The summed E-state index contributed by atoms with van der Waals surface area (Å²) in [6.07, 6.45) is 4.65. The molecule has 4 heteroatoms. The van der Waals surface area contributed by atoms with Crippen LogP contribution in [0, 0.1) is 5.92 Å². The summed E-state index contributed by atoms with van der Waals surface area (Å²) >= 11 is 3.49. The highest BCUT2D eigenvalue weighted by Crippen LogP contribution is 2.23. The molecule has 0 aromatic carbocycles. The van der Waals surface area contributed by atoms with E-state index in [4.69, 9.17) is 0 Å². The number of hydrogen-bond donors (Lipinski definition) is 0. The minimum absolute atomic E-state index is 0.770. The van der Waals surface area contributed by atoms with Crippen molar-refractivity contribution in [2.75, 3.05) is 18.0 Å². The summed E-state index contributed by atoms with van der Waals surface area (Å²) in [5, 5.41) is 0. The Labute approximate surface area is 112 Å². The van der Waals surface area contributed by atoms with Crippen molar-refractivity contribution in [1.82, 2.24) is 9.97 Å². The van der Waals surface area contributed by atoms with Crippen molar-refractivity contribution in [3.05, 3.63) is 16.5 Å². The second-order valence-corrected chi connectivity index (χ2v) is 5.72. The number of nitrogens with zero attached hydrogens (tertiary/aromatic N) is 3. The zero-order valence-corrected chi connectivity index (χ0v) is 12.2. The number of rotatable bonds is 3. The summed E-state index contributed by atoms with van der Waals surface area (Å²) in [7, 11) is 0. The highest BCUT2D eigenvalue weighted by atomic mass is 79.9. The van der Waals surface area contributed by atoms with Crippen LogP contribution in [0.2, 0.25) is 0 Å². The summed E-state index contributed by atoms with van der Waals surface area (Å²) in [6.45, 7) is 6.72. The Bertz CT molecular complexity index is 381. The van der Waals surface area contributed by atoms with Gasteiger partial charge in [0.1, 0.15) is 16.2 Å². The van der Waals surface area contributed by atoms with Gasteiger partial charge in [-0.3, -0.25) is 0 Å². The van der Waals surface area contributed by atoms with Crippen molar-refractivity contribution in [1.29, 1.82) is 0 Å². The van der Waals surface area contributed by atoms with E-state index in [9.17, 15) is 0 Å². The number of halogens is 1. The Balaban J connectivity index is 2.18. The van der Waals surface area contributed by atoms with Crippen molar-refractivity contribution in [2.24, 2.45) is 5.92 Å². The molecule has 1 aromatic rings. The third kappa shape index (κ3) is 3.41. The standard InChI is InChI=1S/C13H20BrN3/c1-3-5-12-15-11(14)8-13(16-12)17-7-4-6-10(2)9-17/h8,10H,3-7,9H2,1-2H3. The van der Waals surface area contributed by atoms with E-state index in [-0.39, 0.29) is 0 Å². The van der Waals surface area contributed by atoms with Gasteiger partial charge in [-0.2, -0.15) is 0 Å². The molecule has 0 aliphatic carbocycles. The summed E-state index contributed by atoms with van der Waals surface area (Å²) < 4.78 is 0.907. The van der Waals surface area contributed by atoms with Crippen LogP contribution in [0.5, 0.6) is 0 Å². The van der Waals surface area contributed by atoms with E-state index in [0.717, 1.165) is 48.1 Å². The van der Waals surface area contributed by atoms with E-state index in [1.54, 1.807) is 0 Å². The van der Waals surface area contributed by atoms with Gasteiger partial charge in [-0.25, -0.2) is 9.97 Å². The quantitative estimate of drug-likeness (QED) is 0.801. The molecule has 0 bridgehead atoms. The Morgan fingerprint density at radius 3 is 3.00 bits per heavy atom. The normalized spacial score (nSPS) is 20.6. The van der Waals surface area contributed by atoms with Crippen LogP contribution in [0.25, 0.3) is 0 Å². The first-order valence-electron chi connectivity index (χ1n) is 6.47. The predicted octanol–water partition coefficient (Wildman–Crippen LogP) is 3.43. The van der Waals surface area contributed by atoms with E-state index >= 15 is 0 Å². The molecular weight excluding hydrogens is 278 g/mol. The van der Waals surface area contributed by atoms with Crippen LogP contribution in [0.4, 0.5) is 5.82 Å². The van der Waals surface area contributed by atoms with Gasteiger partial charge in [0.2, 0.25) is 0 Å². The van der Waals surface area contributed by atoms with Crippen LogP contribution in [-0.2, 0) is 6.42 Å². The zero-order chi connectivity index (χ0) is 12.3. The molecule has 94 valence electrons. The van der Waals surface area contributed by atoms with Crippen molar-refractivity contribution in [3.8, 4) is 0 Å².